The van der Waals surface area contributed by atoms with E-state index in [-0.39, 0.29) is 6.61 Å². The van der Waals surface area contributed by atoms with E-state index in [4.69, 9.17) is 9.47 Å². The summed E-state index contributed by atoms with van der Waals surface area (Å²) >= 11 is 0. The Balaban J connectivity index is 1.86. The smallest absolute Gasteiger partial charge is 0.200 e. The second-order valence-electron chi connectivity index (χ2n) is 5.16. The molecule has 0 unspecified atom stereocenters. The average Bonchev–Trinajstić information content (AvgIpc) is 2.76. The van der Waals surface area contributed by atoms with Gasteiger partial charge in [-0.05, 0) is 25.1 Å². The van der Waals surface area contributed by atoms with E-state index in [1.54, 1.807) is 25.3 Å². The van der Waals surface area contributed by atoms with Gasteiger partial charge in [-0.25, -0.2) is 8.42 Å². The molecule has 0 aromatic heterocycles. The van der Waals surface area contributed by atoms with Crippen LogP contribution in [-0.2, 0) is 9.84 Å². The normalized spacial score (nSPS) is 15.1. The average molecular weight is 316 g/mol. The maximum absolute atomic E-state index is 12.1. The number of rotatable bonds is 4. The lowest BCUT2D eigenvalue weighted by molar-refractivity contribution is 0.363. The minimum atomic E-state index is -3.36. The van der Waals surface area contributed by atoms with Gasteiger partial charge in [0, 0.05) is 22.6 Å². The van der Waals surface area contributed by atoms with Gasteiger partial charge in [-0.1, -0.05) is 23.8 Å². The van der Waals surface area contributed by atoms with Crippen molar-refractivity contribution >= 4 is 15.4 Å². The number of hydrogen-bond acceptors (Lipinski definition) is 4. The monoisotopic (exact) mass is 316 g/mol. The van der Waals surface area contributed by atoms with Crippen LogP contribution in [0.2, 0.25) is 0 Å². The Morgan fingerprint density at radius 3 is 2.59 bits per heavy atom. The summed E-state index contributed by atoms with van der Waals surface area (Å²) in [7, 11) is -1.77. The molecule has 0 N–H and O–H groups in total. The minimum absolute atomic E-state index is 0.197. The largest absolute Gasteiger partial charge is 0.497 e. The predicted molar refractivity (Wildman–Crippen MR) is 84.8 cm³/mol. The van der Waals surface area contributed by atoms with Gasteiger partial charge < -0.3 is 9.47 Å². The van der Waals surface area contributed by atoms with Crippen LogP contribution in [0.5, 0.6) is 11.5 Å². The highest BCUT2D eigenvalue weighted by Crippen LogP contribution is 2.34. The molecule has 1 heterocycles. The third-order valence-electron chi connectivity index (χ3n) is 3.52. The van der Waals surface area contributed by atoms with Gasteiger partial charge in [0.15, 0.2) is 0 Å². The molecule has 0 radical (unpaired) electrons. The summed E-state index contributed by atoms with van der Waals surface area (Å²) in [6, 6.07) is 12.5. The molecule has 2 aromatic carbocycles. The van der Waals surface area contributed by atoms with E-state index in [0.29, 0.717) is 22.0 Å². The van der Waals surface area contributed by atoms with E-state index in [9.17, 15) is 8.42 Å². The third-order valence-corrected chi connectivity index (χ3v) is 5.08. The topological polar surface area (TPSA) is 52.6 Å². The molecule has 0 aliphatic carbocycles. The van der Waals surface area contributed by atoms with E-state index < -0.39 is 9.84 Å². The van der Waals surface area contributed by atoms with Gasteiger partial charge in [-0.15, -0.1) is 0 Å². The fourth-order valence-corrected chi connectivity index (χ4v) is 3.87. The number of fused-ring (bicyclic) bond motifs is 1. The van der Waals surface area contributed by atoms with Gasteiger partial charge in [0.05, 0.1) is 12.0 Å². The van der Waals surface area contributed by atoms with Crippen LogP contribution in [0, 0.1) is 6.92 Å². The van der Waals surface area contributed by atoms with Gasteiger partial charge in [0.25, 0.3) is 0 Å². The first-order valence-electron chi connectivity index (χ1n) is 6.83. The Labute approximate surface area is 129 Å². The molecule has 1 aliphatic rings. The van der Waals surface area contributed by atoms with Crippen molar-refractivity contribution in [2.45, 2.75) is 11.8 Å². The van der Waals surface area contributed by atoms with Crippen LogP contribution < -0.4 is 9.47 Å². The van der Waals surface area contributed by atoms with Crippen LogP contribution in [0.1, 0.15) is 11.1 Å². The number of ether oxygens (including phenoxy) is 2. The van der Waals surface area contributed by atoms with E-state index in [1.807, 2.05) is 31.2 Å². The van der Waals surface area contributed by atoms with E-state index in [2.05, 4.69) is 0 Å². The molecule has 5 heteroatoms. The zero-order chi connectivity index (χ0) is 15.7. The Hall–Kier alpha value is -2.27. The first-order valence-corrected chi connectivity index (χ1v) is 8.38. The molecule has 22 heavy (non-hydrogen) atoms. The molecule has 0 spiro atoms. The first kappa shape index (κ1) is 14.7. The summed E-state index contributed by atoms with van der Waals surface area (Å²) < 4.78 is 35.1. The van der Waals surface area contributed by atoms with Gasteiger partial charge in [0.1, 0.15) is 18.1 Å². The lowest BCUT2D eigenvalue weighted by Crippen LogP contribution is -2.00. The molecule has 0 saturated heterocycles. The molecule has 1 aliphatic heterocycles. The summed E-state index contributed by atoms with van der Waals surface area (Å²) in [6.07, 6.45) is 0. The minimum Gasteiger partial charge on any atom is -0.497 e. The molecule has 3 rings (SSSR count). The highest BCUT2D eigenvalue weighted by molar-refractivity contribution is 7.95. The maximum Gasteiger partial charge on any atom is 0.200 e. The van der Waals surface area contributed by atoms with Gasteiger partial charge in [-0.2, -0.15) is 0 Å². The molecule has 0 saturated carbocycles. The first-order chi connectivity index (χ1) is 10.5. The van der Waals surface area contributed by atoms with Gasteiger partial charge >= 0.3 is 0 Å². The van der Waals surface area contributed by atoms with E-state index in [1.165, 1.54) is 5.41 Å². The highest BCUT2D eigenvalue weighted by atomic mass is 32.2. The van der Waals surface area contributed by atoms with Crippen molar-refractivity contribution in [1.29, 1.82) is 0 Å². The zero-order valence-electron chi connectivity index (χ0n) is 12.4. The second kappa shape index (κ2) is 5.50. The summed E-state index contributed by atoms with van der Waals surface area (Å²) in [5, 5.41) is 1.29. The summed E-state index contributed by atoms with van der Waals surface area (Å²) in [4.78, 5) is 0.349. The van der Waals surface area contributed by atoms with Crippen LogP contribution in [0.25, 0.3) is 5.57 Å². The molecular formula is C17H16O4S. The molecule has 2 aromatic rings. The molecular weight excluding hydrogens is 300 g/mol. The van der Waals surface area contributed by atoms with Crippen LogP contribution >= 0.6 is 0 Å². The summed E-state index contributed by atoms with van der Waals surface area (Å²) in [5.41, 5.74) is 2.41. The second-order valence-corrected chi connectivity index (χ2v) is 6.92. The van der Waals surface area contributed by atoms with Crippen molar-refractivity contribution in [1.82, 2.24) is 0 Å². The SMILES string of the molecule is COc1cccc(OCC2=CS(=O)(=O)c3ccc(C)cc32)c1. The molecule has 0 amide bonds. The zero-order valence-corrected chi connectivity index (χ0v) is 13.2. The Morgan fingerprint density at radius 2 is 1.82 bits per heavy atom. The van der Waals surface area contributed by atoms with Crippen LogP contribution in [0.15, 0.2) is 52.8 Å². The molecule has 0 atom stereocenters. The predicted octanol–water partition coefficient (Wildman–Crippen LogP) is 3.21. The number of benzene rings is 2. The summed E-state index contributed by atoms with van der Waals surface area (Å²) in [6.45, 7) is 2.13. The Bertz CT molecular complexity index is 851. The Kier molecular flexibility index (Phi) is 3.66. The van der Waals surface area contributed by atoms with Gasteiger partial charge in [-0.3, -0.25) is 0 Å². The number of sulfone groups is 1. The van der Waals surface area contributed by atoms with Crippen molar-refractivity contribution < 1.29 is 17.9 Å². The maximum atomic E-state index is 12.1. The van der Waals surface area contributed by atoms with E-state index in [0.717, 1.165) is 11.1 Å². The number of hydrogen-bond donors (Lipinski definition) is 0. The molecule has 0 fully saturated rings. The quantitative estimate of drug-likeness (QED) is 0.869. The highest BCUT2D eigenvalue weighted by Gasteiger charge is 2.27. The lowest BCUT2D eigenvalue weighted by atomic mass is 10.1. The fourth-order valence-electron chi connectivity index (χ4n) is 2.42. The van der Waals surface area contributed by atoms with Crippen molar-refractivity contribution in [2.75, 3.05) is 13.7 Å². The molecule has 0 bridgehead atoms. The fraction of sp³-hybridized carbons (Fsp3) is 0.176. The van der Waals surface area contributed by atoms with Crippen LogP contribution in [0.4, 0.5) is 0 Å². The van der Waals surface area contributed by atoms with Crippen LogP contribution in [-0.4, -0.2) is 22.1 Å². The third kappa shape index (κ3) is 2.72. The van der Waals surface area contributed by atoms with Gasteiger partial charge in [0.2, 0.25) is 9.84 Å². The van der Waals surface area contributed by atoms with Crippen molar-refractivity contribution in [3.8, 4) is 11.5 Å². The van der Waals surface area contributed by atoms with Crippen LogP contribution in [0.3, 0.4) is 0 Å². The molecule has 4 nitrogen and oxygen atoms in total. The lowest BCUT2D eigenvalue weighted by Gasteiger charge is -2.09. The summed E-state index contributed by atoms with van der Waals surface area (Å²) in [5.74, 6) is 1.33. The number of methoxy groups -OCH3 is 1. The van der Waals surface area contributed by atoms with Crippen molar-refractivity contribution in [2.24, 2.45) is 0 Å². The Morgan fingerprint density at radius 1 is 1.05 bits per heavy atom. The molecule has 114 valence electrons. The van der Waals surface area contributed by atoms with Crippen molar-refractivity contribution in [3.05, 3.63) is 59.0 Å². The standard InChI is InChI=1S/C17H16O4S/c1-12-6-7-17-16(8-12)13(11-22(17,18)19)10-21-15-5-3-4-14(9-15)20-2/h3-9,11H,10H2,1-2H3. The number of aryl methyl sites for hydroxylation is 1. The van der Waals surface area contributed by atoms with Crippen molar-refractivity contribution in [3.63, 3.8) is 0 Å². The van der Waals surface area contributed by atoms with E-state index >= 15 is 0 Å².